The Morgan fingerprint density at radius 3 is 1.81 bits per heavy atom. The highest BCUT2D eigenvalue weighted by molar-refractivity contribution is 5.83. The van der Waals surface area contributed by atoms with Gasteiger partial charge in [0.1, 0.15) is 0 Å². The minimum Gasteiger partial charge on any atom is -0.394 e. The monoisotopic (exact) mass is 297 g/mol. The lowest BCUT2D eigenvalue weighted by molar-refractivity contribution is -0.134. The van der Waals surface area contributed by atoms with Gasteiger partial charge >= 0.3 is 0 Å². The number of hydrogen-bond donors (Lipinski definition) is 2. The molecule has 0 radical (unpaired) electrons. The van der Waals surface area contributed by atoms with E-state index >= 15 is 0 Å². The van der Waals surface area contributed by atoms with Gasteiger partial charge in [-0.05, 0) is 33.1 Å². The molecule has 21 heavy (non-hydrogen) atoms. The summed E-state index contributed by atoms with van der Waals surface area (Å²) in [4.78, 5) is 12.9. The molecule has 0 bridgehead atoms. The molecule has 0 aliphatic heterocycles. The zero-order valence-electron chi connectivity index (χ0n) is 14.3. The molecule has 3 heteroatoms. The summed E-state index contributed by atoms with van der Waals surface area (Å²) in [5.74, 6) is 0.156. The molecule has 0 aromatic heterocycles. The van der Waals surface area contributed by atoms with Gasteiger partial charge in [-0.1, -0.05) is 58.3 Å². The number of rotatable bonds is 4. The summed E-state index contributed by atoms with van der Waals surface area (Å²) in [6.45, 7) is 5.91. The van der Waals surface area contributed by atoms with E-state index in [0.29, 0.717) is 0 Å². The second-order valence-corrected chi connectivity index (χ2v) is 7.46. The highest BCUT2D eigenvalue weighted by Gasteiger charge is 2.37. The van der Waals surface area contributed by atoms with Crippen LogP contribution in [0.4, 0.5) is 0 Å². The van der Waals surface area contributed by atoms with Crippen LogP contribution in [0.25, 0.3) is 0 Å². The number of carbonyl (C=O) groups is 1. The Kier molecular flexibility index (Phi) is 7.72. The number of aliphatic hydroxyl groups excluding tert-OH is 1. The molecule has 3 nitrogen and oxygen atoms in total. The second-order valence-electron chi connectivity index (χ2n) is 7.46. The predicted octanol–water partition coefficient (Wildman–Crippen LogP) is 4.18. The van der Waals surface area contributed by atoms with Crippen LogP contribution in [0.1, 0.15) is 91.4 Å². The van der Waals surface area contributed by atoms with Crippen LogP contribution in [0.2, 0.25) is 0 Å². The first-order chi connectivity index (χ1) is 9.96. The Morgan fingerprint density at radius 1 is 1.00 bits per heavy atom. The van der Waals surface area contributed by atoms with E-state index in [-0.39, 0.29) is 17.9 Å². The van der Waals surface area contributed by atoms with Crippen molar-refractivity contribution in [2.45, 2.75) is 96.9 Å². The largest absolute Gasteiger partial charge is 0.394 e. The van der Waals surface area contributed by atoms with Gasteiger partial charge in [-0.2, -0.15) is 0 Å². The number of aliphatic hydroxyl groups is 1. The summed E-state index contributed by atoms with van der Waals surface area (Å²) >= 11 is 0. The van der Waals surface area contributed by atoms with Crippen molar-refractivity contribution >= 4 is 5.91 Å². The van der Waals surface area contributed by atoms with Crippen LogP contribution < -0.4 is 5.32 Å². The minimum absolute atomic E-state index is 0.0153. The van der Waals surface area contributed by atoms with E-state index in [1.165, 1.54) is 38.5 Å². The average Bonchev–Trinajstić information content (AvgIpc) is 2.51. The number of nitrogens with one attached hydrogen (secondary N) is 1. The van der Waals surface area contributed by atoms with Gasteiger partial charge in [0.2, 0.25) is 5.91 Å². The first-order valence-electron chi connectivity index (χ1n) is 8.89. The SMILES string of the molecule is CCC1(C(=O)NC(C)(C)CO)CCCCCCCCCC1. The van der Waals surface area contributed by atoms with Gasteiger partial charge in [-0.3, -0.25) is 4.79 Å². The third kappa shape index (κ3) is 5.98. The first kappa shape index (κ1) is 18.5. The molecule has 0 saturated heterocycles. The molecular formula is C18H35NO2. The topological polar surface area (TPSA) is 49.3 Å². The van der Waals surface area contributed by atoms with Gasteiger partial charge in [-0.15, -0.1) is 0 Å². The summed E-state index contributed by atoms with van der Waals surface area (Å²) in [5.41, 5.74) is -0.748. The van der Waals surface area contributed by atoms with E-state index in [4.69, 9.17) is 0 Å². The van der Waals surface area contributed by atoms with Gasteiger partial charge in [0.15, 0.2) is 0 Å². The molecule has 0 aromatic carbocycles. The maximum Gasteiger partial charge on any atom is 0.226 e. The van der Waals surface area contributed by atoms with Crippen LogP contribution in [0.3, 0.4) is 0 Å². The fourth-order valence-electron chi connectivity index (χ4n) is 3.33. The first-order valence-corrected chi connectivity index (χ1v) is 8.89. The van der Waals surface area contributed by atoms with Gasteiger partial charge < -0.3 is 10.4 Å². The van der Waals surface area contributed by atoms with Gasteiger partial charge in [-0.25, -0.2) is 0 Å². The Hall–Kier alpha value is -0.570. The summed E-state index contributed by atoms with van der Waals surface area (Å²) in [7, 11) is 0. The summed E-state index contributed by atoms with van der Waals surface area (Å²) in [5, 5.41) is 12.5. The summed E-state index contributed by atoms with van der Waals surface area (Å²) < 4.78 is 0. The third-order valence-electron chi connectivity index (χ3n) is 5.07. The molecule has 2 N–H and O–H groups in total. The average molecular weight is 297 g/mol. The third-order valence-corrected chi connectivity index (χ3v) is 5.07. The van der Waals surface area contributed by atoms with Crippen molar-refractivity contribution in [3.8, 4) is 0 Å². The fraction of sp³-hybridized carbons (Fsp3) is 0.944. The van der Waals surface area contributed by atoms with E-state index in [1.807, 2.05) is 13.8 Å². The number of amides is 1. The van der Waals surface area contributed by atoms with Crippen molar-refractivity contribution < 1.29 is 9.90 Å². The normalized spacial score (nSPS) is 21.3. The van der Waals surface area contributed by atoms with Crippen LogP contribution in [-0.4, -0.2) is 23.2 Å². The van der Waals surface area contributed by atoms with E-state index in [2.05, 4.69) is 12.2 Å². The van der Waals surface area contributed by atoms with E-state index in [9.17, 15) is 9.90 Å². The van der Waals surface area contributed by atoms with Crippen LogP contribution in [0.15, 0.2) is 0 Å². The zero-order valence-corrected chi connectivity index (χ0v) is 14.3. The highest BCUT2D eigenvalue weighted by atomic mass is 16.3. The number of carbonyl (C=O) groups excluding carboxylic acids is 1. The molecule has 1 saturated carbocycles. The van der Waals surface area contributed by atoms with Crippen LogP contribution >= 0.6 is 0 Å². The molecule has 1 fully saturated rings. The van der Waals surface area contributed by atoms with E-state index < -0.39 is 5.54 Å². The number of hydrogen-bond acceptors (Lipinski definition) is 2. The van der Waals surface area contributed by atoms with Crippen molar-refractivity contribution in [1.82, 2.24) is 5.32 Å². The lowest BCUT2D eigenvalue weighted by Gasteiger charge is -2.35. The molecule has 1 aliphatic rings. The summed E-state index contributed by atoms with van der Waals surface area (Å²) in [6, 6.07) is 0. The Morgan fingerprint density at radius 2 is 1.43 bits per heavy atom. The van der Waals surface area contributed by atoms with E-state index in [0.717, 1.165) is 32.1 Å². The highest BCUT2D eigenvalue weighted by Crippen LogP contribution is 2.36. The smallest absolute Gasteiger partial charge is 0.226 e. The molecule has 0 heterocycles. The minimum atomic E-state index is -0.522. The summed E-state index contributed by atoms with van der Waals surface area (Å²) in [6.07, 6.45) is 13.0. The van der Waals surface area contributed by atoms with Crippen molar-refractivity contribution in [3.05, 3.63) is 0 Å². The molecule has 1 amide bonds. The van der Waals surface area contributed by atoms with Crippen molar-refractivity contribution in [1.29, 1.82) is 0 Å². The molecule has 0 aromatic rings. The molecule has 0 unspecified atom stereocenters. The fourth-order valence-corrected chi connectivity index (χ4v) is 3.33. The van der Waals surface area contributed by atoms with Crippen molar-refractivity contribution in [3.63, 3.8) is 0 Å². The van der Waals surface area contributed by atoms with Crippen LogP contribution in [0.5, 0.6) is 0 Å². The Balaban J connectivity index is 2.77. The molecule has 124 valence electrons. The van der Waals surface area contributed by atoms with Gasteiger partial charge in [0.25, 0.3) is 0 Å². The van der Waals surface area contributed by atoms with Crippen LogP contribution in [0, 0.1) is 5.41 Å². The maximum absolute atomic E-state index is 12.9. The quantitative estimate of drug-likeness (QED) is 0.817. The van der Waals surface area contributed by atoms with Gasteiger partial charge in [0, 0.05) is 5.41 Å². The standard InChI is InChI=1S/C18H35NO2/c1-4-18(16(21)19-17(2,3)15-20)13-11-9-7-5-6-8-10-12-14-18/h20H,4-15H2,1-3H3,(H,19,21). The molecule has 1 aliphatic carbocycles. The second kappa shape index (κ2) is 8.77. The van der Waals surface area contributed by atoms with Crippen molar-refractivity contribution in [2.24, 2.45) is 5.41 Å². The van der Waals surface area contributed by atoms with Crippen molar-refractivity contribution in [2.75, 3.05) is 6.61 Å². The molecule has 0 atom stereocenters. The lowest BCUT2D eigenvalue weighted by Crippen LogP contribution is -2.52. The predicted molar refractivity (Wildman–Crippen MR) is 88.2 cm³/mol. The van der Waals surface area contributed by atoms with E-state index in [1.54, 1.807) is 0 Å². The Labute approximate surface area is 130 Å². The van der Waals surface area contributed by atoms with Crippen LogP contribution in [-0.2, 0) is 4.79 Å². The zero-order chi connectivity index (χ0) is 15.8. The van der Waals surface area contributed by atoms with Gasteiger partial charge in [0.05, 0.1) is 12.1 Å². The maximum atomic E-state index is 12.9. The molecular weight excluding hydrogens is 262 g/mol. The molecule has 1 rings (SSSR count). The molecule has 0 spiro atoms. The lowest BCUT2D eigenvalue weighted by atomic mass is 9.74. The Bertz CT molecular complexity index is 300.